The third-order valence-corrected chi connectivity index (χ3v) is 2.43. The maximum absolute atomic E-state index is 7.16. The molecule has 0 aromatic heterocycles. The van der Waals surface area contributed by atoms with Gasteiger partial charge < -0.3 is 16.8 Å². The quantitative estimate of drug-likeness (QED) is 0.360. The van der Waals surface area contributed by atoms with Crippen molar-refractivity contribution in [1.29, 1.82) is 5.41 Å². The number of hydrogen-bond acceptors (Lipinski definition) is 2. The van der Waals surface area contributed by atoms with E-state index in [4.69, 9.17) is 16.9 Å². The minimum Gasteiger partial charge on any atom is -0.397 e. The molecule has 86 valence electrons. The molecule has 4 nitrogen and oxygen atoms in total. The fourth-order valence-corrected chi connectivity index (χ4v) is 1.63. The summed E-state index contributed by atoms with van der Waals surface area (Å²) in [6.45, 7) is 0. The van der Waals surface area contributed by atoms with E-state index >= 15 is 0 Å². The maximum Gasteiger partial charge on any atom is 0.190 e. The highest BCUT2D eigenvalue weighted by Crippen LogP contribution is 2.26. The zero-order valence-corrected chi connectivity index (χ0v) is 9.27. The Labute approximate surface area is 99.8 Å². The summed E-state index contributed by atoms with van der Waals surface area (Å²) in [6, 6.07) is 15.6. The van der Waals surface area contributed by atoms with Crippen LogP contribution in [0.1, 0.15) is 0 Å². The van der Waals surface area contributed by atoms with Crippen LogP contribution in [0.25, 0.3) is 11.1 Å². The first-order chi connectivity index (χ1) is 8.16. The van der Waals surface area contributed by atoms with Crippen LogP contribution in [0.15, 0.2) is 48.5 Å². The maximum atomic E-state index is 7.16. The van der Waals surface area contributed by atoms with Crippen molar-refractivity contribution in [3.8, 4) is 11.1 Å². The van der Waals surface area contributed by atoms with Gasteiger partial charge in [0, 0.05) is 0 Å². The first kappa shape index (κ1) is 11.0. The number of nitrogens with two attached hydrogens (primary N) is 2. The van der Waals surface area contributed by atoms with Crippen molar-refractivity contribution >= 4 is 17.3 Å². The fourth-order valence-electron chi connectivity index (χ4n) is 1.63. The second-order valence-electron chi connectivity index (χ2n) is 3.71. The Bertz CT molecular complexity index is 534. The van der Waals surface area contributed by atoms with E-state index in [1.807, 2.05) is 48.5 Å². The Morgan fingerprint density at radius 1 is 1.00 bits per heavy atom. The van der Waals surface area contributed by atoms with E-state index in [0.29, 0.717) is 11.4 Å². The lowest BCUT2D eigenvalue weighted by Gasteiger charge is -2.09. The van der Waals surface area contributed by atoms with Crippen molar-refractivity contribution < 1.29 is 0 Å². The zero-order chi connectivity index (χ0) is 12.3. The van der Waals surface area contributed by atoms with Gasteiger partial charge in [0.05, 0.1) is 11.4 Å². The normalized spacial score (nSPS) is 9.88. The molecule has 0 amide bonds. The van der Waals surface area contributed by atoms with Gasteiger partial charge in [-0.05, 0) is 23.3 Å². The SMILES string of the molecule is N=C(N)Nc1ccc(-c2ccccc2)cc1N. The minimum absolute atomic E-state index is 0.121. The second kappa shape index (κ2) is 4.57. The van der Waals surface area contributed by atoms with Crippen molar-refractivity contribution in [2.75, 3.05) is 11.1 Å². The largest absolute Gasteiger partial charge is 0.397 e. The van der Waals surface area contributed by atoms with Crippen LogP contribution in [0.2, 0.25) is 0 Å². The summed E-state index contributed by atoms with van der Waals surface area (Å²) < 4.78 is 0. The number of nitrogen functional groups attached to an aromatic ring is 1. The fraction of sp³-hybridized carbons (Fsp3) is 0. The van der Waals surface area contributed by atoms with Gasteiger partial charge in [-0.1, -0.05) is 36.4 Å². The molecule has 2 rings (SSSR count). The van der Waals surface area contributed by atoms with Gasteiger partial charge in [0.25, 0.3) is 0 Å². The summed E-state index contributed by atoms with van der Waals surface area (Å²) in [7, 11) is 0. The van der Waals surface area contributed by atoms with Crippen LogP contribution in [-0.2, 0) is 0 Å². The second-order valence-corrected chi connectivity index (χ2v) is 3.71. The van der Waals surface area contributed by atoms with Gasteiger partial charge in [-0.25, -0.2) is 0 Å². The van der Waals surface area contributed by atoms with Crippen molar-refractivity contribution in [2.24, 2.45) is 5.73 Å². The van der Waals surface area contributed by atoms with Gasteiger partial charge in [0.2, 0.25) is 0 Å². The molecule has 0 aliphatic rings. The molecule has 2 aromatic carbocycles. The highest BCUT2D eigenvalue weighted by atomic mass is 15.1. The van der Waals surface area contributed by atoms with E-state index in [-0.39, 0.29) is 5.96 Å². The van der Waals surface area contributed by atoms with Crippen molar-refractivity contribution in [1.82, 2.24) is 0 Å². The average Bonchev–Trinajstić information content (AvgIpc) is 2.32. The summed E-state index contributed by atoms with van der Waals surface area (Å²) in [6.07, 6.45) is 0. The minimum atomic E-state index is -0.121. The Morgan fingerprint density at radius 2 is 1.71 bits per heavy atom. The Balaban J connectivity index is 2.34. The van der Waals surface area contributed by atoms with Gasteiger partial charge in [0.15, 0.2) is 5.96 Å². The van der Waals surface area contributed by atoms with Crippen LogP contribution in [-0.4, -0.2) is 5.96 Å². The number of benzene rings is 2. The summed E-state index contributed by atoms with van der Waals surface area (Å²) in [4.78, 5) is 0. The average molecular weight is 226 g/mol. The summed E-state index contributed by atoms with van der Waals surface area (Å²) >= 11 is 0. The van der Waals surface area contributed by atoms with Gasteiger partial charge in [-0.2, -0.15) is 0 Å². The molecule has 0 spiro atoms. The molecule has 4 heteroatoms. The van der Waals surface area contributed by atoms with Crippen molar-refractivity contribution in [2.45, 2.75) is 0 Å². The number of hydrogen-bond donors (Lipinski definition) is 4. The van der Waals surface area contributed by atoms with E-state index in [1.54, 1.807) is 0 Å². The Morgan fingerprint density at radius 3 is 2.29 bits per heavy atom. The molecule has 0 saturated heterocycles. The van der Waals surface area contributed by atoms with Gasteiger partial charge in [0.1, 0.15) is 0 Å². The first-order valence-electron chi connectivity index (χ1n) is 5.23. The molecule has 0 unspecified atom stereocenters. The van der Waals surface area contributed by atoms with Crippen LogP contribution >= 0.6 is 0 Å². The Kier molecular flexibility index (Phi) is 2.96. The van der Waals surface area contributed by atoms with Crippen molar-refractivity contribution in [3.63, 3.8) is 0 Å². The molecule has 0 atom stereocenters. The predicted molar refractivity (Wildman–Crippen MR) is 71.8 cm³/mol. The monoisotopic (exact) mass is 226 g/mol. The highest BCUT2D eigenvalue weighted by Gasteiger charge is 2.02. The van der Waals surface area contributed by atoms with Crippen LogP contribution < -0.4 is 16.8 Å². The molecule has 0 radical (unpaired) electrons. The topological polar surface area (TPSA) is 87.9 Å². The first-order valence-corrected chi connectivity index (χ1v) is 5.23. The lowest BCUT2D eigenvalue weighted by Crippen LogP contribution is -2.21. The smallest absolute Gasteiger partial charge is 0.190 e. The molecule has 0 aliphatic carbocycles. The van der Waals surface area contributed by atoms with Crippen molar-refractivity contribution in [3.05, 3.63) is 48.5 Å². The highest BCUT2D eigenvalue weighted by molar-refractivity contribution is 5.93. The van der Waals surface area contributed by atoms with Gasteiger partial charge in [-0.15, -0.1) is 0 Å². The molecule has 0 saturated carbocycles. The summed E-state index contributed by atoms with van der Waals surface area (Å²) in [5.74, 6) is -0.121. The standard InChI is InChI=1S/C13H14N4/c14-11-8-10(9-4-2-1-3-5-9)6-7-12(11)17-13(15)16/h1-8H,14H2,(H4,15,16,17). The van der Waals surface area contributed by atoms with E-state index < -0.39 is 0 Å². The summed E-state index contributed by atoms with van der Waals surface area (Å²) in [5, 5.41) is 9.85. The van der Waals surface area contributed by atoms with E-state index in [0.717, 1.165) is 11.1 Å². The molecule has 0 fully saturated rings. The third kappa shape index (κ3) is 2.55. The summed E-state index contributed by atoms with van der Waals surface area (Å²) in [5.41, 5.74) is 14.5. The number of nitrogens with one attached hydrogen (secondary N) is 2. The molecular weight excluding hydrogens is 212 g/mol. The number of rotatable bonds is 2. The van der Waals surface area contributed by atoms with Gasteiger partial charge >= 0.3 is 0 Å². The van der Waals surface area contributed by atoms with Gasteiger partial charge in [-0.3, -0.25) is 5.41 Å². The lowest BCUT2D eigenvalue weighted by atomic mass is 10.0. The van der Waals surface area contributed by atoms with E-state index in [2.05, 4.69) is 5.32 Å². The Hall–Kier alpha value is -2.49. The van der Waals surface area contributed by atoms with Crippen LogP contribution in [0.4, 0.5) is 11.4 Å². The van der Waals surface area contributed by atoms with E-state index in [1.165, 1.54) is 0 Å². The predicted octanol–water partition coefficient (Wildman–Crippen LogP) is 2.24. The number of guanidine groups is 1. The third-order valence-electron chi connectivity index (χ3n) is 2.43. The molecule has 0 bridgehead atoms. The molecule has 0 heterocycles. The van der Waals surface area contributed by atoms with Crippen LogP contribution in [0.5, 0.6) is 0 Å². The van der Waals surface area contributed by atoms with Crippen LogP contribution in [0, 0.1) is 5.41 Å². The number of anilines is 2. The molecular formula is C13H14N4. The molecule has 0 aliphatic heterocycles. The van der Waals surface area contributed by atoms with E-state index in [9.17, 15) is 0 Å². The molecule has 6 N–H and O–H groups in total. The molecule has 17 heavy (non-hydrogen) atoms. The molecule has 2 aromatic rings. The lowest BCUT2D eigenvalue weighted by molar-refractivity contribution is 1.41. The zero-order valence-electron chi connectivity index (χ0n) is 9.27. The van der Waals surface area contributed by atoms with Crippen LogP contribution in [0.3, 0.4) is 0 Å².